The fourth-order valence-electron chi connectivity index (χ4n) is 1.10. The lowest BCUT2D eigenvalue weighted by atomic mass is 10.2. The van der Waals surface area contributed by atoms with Crippen LogP contribution in [0.3, 0.4) is 0 Å². The number of aromatic amines is 1. The summed E-state index contributed by atoms with van der Waals surface area (Å²) in [7, 11) is 0. The van der Waals surface area contributed by atoms with E-state index in [1.54, 1.807) is 4.98 Å². The number of H-pyrrole nitrogens is 1. The van der Waals surface area contributed by atoms with Crippen LogP contribution in [-0.2, 0) is 6.54 Å². The summed E-state index contributed by atoms with van der Waals surface area (Å²) in [5, 5.41) is 10.4. The molecule has 0 atom stereocenters. The summed E-state index contributed by atoms with van der Waals surface area (Å²) in [4.78, 5) is 22.3. The molecule has 6 nitrogen and oxygen atoms in total. The molecule has 82 valence electrons. The third-order valence-corrected chi connectivity index (χ3v) is 1.74. The summed E-state index contributed by atoms with van der Waals surface area (Å²) in [6.07, 6.45) is -2.90. The molecule has 8 heteroatoms. The van der Waals surface area contributed by atoms with Gasteiger partial charge in [-0.2, -0.15) is 0 Å². The zero-order valence-corrected chi connectivity index (χ0v) is 7.37. The van der Waals surface area contributed by atoms with E-state index in [0.29, 0.717) is 0 Å². The van der Waals surface area contributed by atoms with Crippen LogP contribution >= 0.6 is 0 Å². The first-order chi connectivity index (χ1) is 6.97. The molecule has 0 saturated heterocycles. The number of hydrogen-bond acceptors (Lipinski definition) is 4. The fourth-order valence-corrected chi connectivity index (χ4v) is 1.10. The van der Waals surface area contributed by atoms with Crippen LogP contribution in [0.5, 0.6) is 0 Å². The SMILES string of the molecule is NCc1cc(C(F)F)[nH]c(=O)c1[N+](=O)[O-]. The number of nitrogens with one attached hydrogen (secondary N) is 1. The van der Waals surface area contributed by atoms with Crippen LogP contribution in [0.2, 0.25) is 0 Å². The molecule has 1 aromatic rings. The second-order valence-electron chi connectivity index (χ2n) is 2.69. The molecule has 0 saturated carbocycles. The maximum atomic E-state index is 12.2. The highest BCUT2D eigenvalue weighted by Crippen LogP contribution is 2.20. The lowest BCUT2D eigenvalue weighted by Crippen LogP contribution is -2.18. The third-order valence-electron chi connectivity index (χ3n) is 1.74. The predicted octanol–water partition coefficient (Wildman–Crippen LogP) is 0.679. The predicted molar refractivity (Wildman–Crippen MR) is 46.6 cm³/mol. The number of hydrogen-bond donors (Lipinski definition) is 2. The van der Waals surface area contributed by atoms with E-state index in [0.717, 1.165) is 6.07 Å². The van der Waals surface area contributed by atoms with Gasteiger partial charge in [-0.1, -0.05) is 0 Å². The van der Waals surface area contributed by atoms with Crippen LogP contribution in [0.15, 0.2) is 10.9 Å². The van der Waals surface area contributed by atoms with Gasteiger partial charge in [0.1, 0.15) is 0 Å². The van der Waals surface area contributed by atoms with Gasteiger partial charge in [-0.3, -0.25) is 14.9 Å². The number of nitrogens with two attached hydrogens (primary N) is 1. The van der Waals surface area contributed by atoms with Crippen molar-refractivity contribution in [2.75, 3.05) is 0 Å². The van der Waals surface area contributed by atoms with E-state index in [1.165, 1.54) is 0 Å². The van der Waals surface area contributed by atoms with Gasteiger partial charge in [-0.05, 0) is 6.07 Å². The molecule has 0 unspecified atom stereocenters. The van der Waals surface area contributed by atoms with E-state index >= 15 is 0 Å². The second kappa shape index (κ2) is 4.13. The first-order valence-electron chi connectivity index (χ1n) is 3.86. The van der Waals surface area contributed by atoms with Crippen LogP contribution in [0.1, 0.15) is 17.7 Å². The Kier molecular flexibility index (Phi) is 3.10. The molecule has 1 rings (SSSR count). The number of nitro groups is 1. The highest BCUT2D eigenvalue weighted by atomic mass is 19.3. The topological polar surface area (TPSA) is 102 Å². The molecular formula is C7H7F2N3O3. The minimum Gasteiger partial charge on any atom is -0.326 e. The fraction of sp³-hybridized carbons (Fsp3) is 0.286. The van der Waals surface area contributed by atoms with Crippen LogP contribution < -0.4 is 11.3 Å². The van der Waals surface area contributed by atoms with Crippen molar-refractivity contribution in [1.29, 1.82) is 0 Å². The van der Waals surface area contributed by atoms with Crippen molar-refractivity contribution in [2.45, 2.75) is 13.0 Å². The summed E-state index contributed by atoms with van der Waals surface area (Å²) >= 11 is 0. The standard InChI is InChI=1S/C7H7F2N3O3/c8-6(9)4-1-3(2-10)5(12(14)15)7(13)11-4/h1,6H,2,10H2,(H,11,13). The maximum Gasteiger partial charge on any atom is 0.338 e. The van der Waals surface area contributed by atoms with Gasteiger partial charge in [0.25, 0.3) is 6.43 Å². The smallest absolute Gasteiger partial charge is 0.326 e. The Labute approximate surface area is 81.9 Å². The number of pyridine rings is 1. The van der Waals surface area contributed by atoms with Crippen molar-refractivity contribution in [2.24, 2.45) is 5.73 Å². The van der Waals surface area contributed by atoms with E-state index in [-0.39, 0.29) is 12.1 Å². The summed E-state index contributed by atoms with van der Waals surface area (Å²) in [6.45, 7) is -0.347. The zero-order valence-electron chi connectivity index (χ0n) is 7.37. The van der Waals surface area contributed by atoms with Crippen molar-refractivity contribution in [1.82, 2.24) is 4.98 Å². The summed E-state index contributed by atoms with van der Waals surface area (Å²) in [5.41, 5.74) is 2.28. The Bertz CT molecular complexity index is 444. The molecule has 0 spiro atoms. The van der Waals surface area contributed by atoms with Crippen molar-refractivity contribution >= 4 is 5.69 Å². The molecule has 0 aromatic carbocycles. The molecular weight excluding hydrogens is 212 g/mol. The molecule has 0 aliphatic heterocycles. The number of halogens is 2. The molecule has 0 aliphatic rings. The molecule has 3 N–H and O–H groups in total. The zero-order chi connectivity index (χ0) is 11.6. The normalized spacial score (nSPS) is 10.7. The van der Waals surface area contributed by atoms with Gasteiger partial charge in [-0.25, -0.2) is 8.78 Å². The Morgan fingerprint density at radius 3 is 2.60 bits per heavy atom. The molecule has 0 aliphatic carbocycles. The Morgan fingerprint density at radius 1 is 1.60 bits per heavy atom. The quantitative estimate of drug-likeness (QED) is 0.576. The van der Waals surface area contributed by atoms with Crippen LogP contribution in [0.25, 0.3) is 0 Å². The molecule has 15 heavy (non-hydrogen) atoms. The third kappa shape index (κ3) is 2.15. The van der Waals surface area contributed by atoms with Crippen LogP contribution in [-0.4, -0.2) is 9.91 Å². The molecule has 0 fully saturated rings. The van der Waals surface area contributed by atoms with Crippen LogP contribution in [0.4, 0.5) is 14.5 Å². The average molecular weight is 219 g/mol. The Balaban J connectivity index is 3.44. The first-order valence-corrected chi connectivity index (χ1v) is 3.86. The molecule has 0 radical (unpaired) electrons. The van der Waals surface area contributed by atoms with Gasteiger partial charge in [0.2, 0.25) is 0 Å². The van der Waals surface area contributed by atoms with E-state index in [2.05, 4.69) is 0 Å². The Hall–Kier alpha value is -1.83. The highest BCUT2D eigenvalue weighted by molar-refractivity contribution is 5.38. The van der Waals surface area contributed by atoms with Gasteiger partial charge in [0, 0.05) is 6.54 Å². The minimum atomic E-state index is -2.90. The first kappa shape index (κ1) is 11.2. The van der Waals surface area contributed by atoms with Crippen LogP contribution in [0, 0.1) is 10.1 Å². The van der Waals surface area contributed by atoms with Crippen molar-refractivity contribution in [3.63, 3.8) is 0 Å². The number of nitrogens with zero attached hydrogens (tertiary/aromatic N) is 1. The largest absolute Gasteiger partial charge is 0.338 e. The summed E-state index contributed by atoms with van der Waals surface area (Å²) in [6, 6.07) is 0.824. The van der Waals surface area contributed by atoms with Crippen molar-refractivity contribution in [3.8, 4) is 0 Å². The minimum absolute atomic E-state index is 0.209. The number of rotatable bonds is 3. The lowest BCUT2D eigenvalue weighted by Gasteiger charge is -2.03. The monoisotopic (exact) mass is 219 g/mol. The van der Waals surface area contributed by atoms with Gasteiger partial charge in [-0.15, -0.1) is 0 Å². The lowest BCUT2D eigenvalue weighted by molar-refractivity contribution is -0.387. The summed E-state index contributed by atoms with van der Waals surface area (Å²) in [5.74, 6) is 0. The van der Waals surface area contributed by atoms with Gasteiger partial charge in [0.05, 0.1) is 16.2 Å². The average Bonchev–Trinajstić information content (AvgIpc) is 2.15. The molecule has 0 bridgehead atoms. The van der Waals surface area contributed by atoms with E-state index in [1.807, 2.05) is 0 Å². The Morgan fingerprint density at radius 2 is 2.20 bits per heavy atom. The molecule has 1 aromatic heterocycles. The van der Waals surface area contributed by atoms with E-state index < -0.39 is 28.3 Å². The van der Waals surface area contributed by atoms with Crippen molar-refractivity contribution in [3.05, 3.63) is 37.8 Å². The van der Waals surface area contributed by atoms with Gasteiger partial charge >= 0.3 is 11.2 Å². The molecule has 1 heterocycles. The van der Waals surface area contributed by atoms with Crippen molar-refractivity contribution < 1.29 is 13.7 Å². The maximum absolute atomic E-state index is 12.2. The van der Waals surface area contributed by atoms with E-state index in [9.17, 15) is 23.7 Å². The summed E-state index contributed by atoms with van der Waals surface area (Å²) < 4.78 is 24.4. The number of aromatic nitrogens is 1. The number of alkyl halides is 2. The van der Waals surface area contributed by atoms with Gasteiger partial charge < -0.3 is 10.7 Å². The highest BCUT2D eigenvalue weighted by Gasteiger charge is 2.21. The van der Waals surface area contributed by atoms with E-state index in [4.69, 9.17) is 5.73 Å². The molecule has 0 amide bonds. The van der Waals surface area contributed by atoms with Gasteiger partial charge in [0.15, 0.2) is 0 Å². The second-order valence-corrected chi connectivity index (χ2v) is 2.69.